The first kappa shape index (κ1) is 19.3. The number of benzene rings is 2. The van der Waals surface area contributed by atoms with Crippen LogP contribution in [0.4, 0.5) is 5.69 Å². The zero-order chi connectivity index (χ0) is 19.2. The van der Waals surface area contributed by atoms with Gasteiger partial charge in [-0.2, -0.15) is 0 Å². The van der Waals surface area contributed by atoms with Gasteiger partial charge in [-0.05, 0) is 42.3 Å². The van der Waals surface area contributed by atoms with Gasteiger partial charge in [0.15, 0.2) is 5.82 Å². The molecule has 3 rings (SSSR count). The van der Waals surface area contributed by atoms with E-state index in [1.54, 1.807) is 25.3 Å². The average Bonchev–Trinajstić information content (AvgIpc) is 3.16. The number of aryl methyl sites for hydroxylation is 1. The van der Waals surface area contributed by atoms with Gasteiger partial charge in [0.05, 0.1) is 18.4 Å². The fourth-order valence-electron chi connectivity index (χ4n) is 2.45. The van der Waals surface area contributed by atoms with Crippen LogP contribution in [0.15, 0.2) is 47.6 Å². The number of anilines is 1. The van der Waals surface area contributed by atoms with Crippen LogP contribution in [0.2, 0.25) is 5.02 Å². The van der Waals surface area contributed by atoms with Crippen LogP contribution in [0, 0.1) is 0 Å². The molecule has 0 unspecified atom stereocenters. The van der Waals surface area contributed by atoms with E-state index in [1.807, 2.05) is 24.3 Å². The molecule has 2 aromatic carbocycles. The van der Waals surface area contributed by atoms with Crippen molar-refractivity contribution >= 4 is 35.0 Å². The monoisotopic (exact) mass is 402 g/mol. The van der Waals surface area contributed by atoms with E-state index >= 15 is 0 Å². The standard InChI is InChI=1S/C19H19ClN4O2S/c1-3-12-4-7-14(8-5-12)21-17(25)11-27-19-22-18(23-24-19)15-10-13(20)6-9-16(15)26-2/h4-10H,3,11H2,1-2H3,(H,21,25)(H,22,23,24). The van der Waals surface area contributed by atoms with Crippen LogP contribution in [-0.2, 0) is 11.2 Å². The second-order valence-corrected chi connectivity index (χ2v) is 7.08. The summed E-state index contributed by atoms with van der Waals surface area (Å²) in [6.07, 6.45) is 0.967. The van der Waals surface area contributed by atoms with Crippen molar-refractivity contribution in [2.45, 2.75) is 18.5 Å². The number of methoxy groups -OCH3 is 1. The zero-order valence-corrected chi connectivity index (χ0v) is 16.5. The van der Waals surface area contributed by atoms with Gasteiger partial charge in [0, 0.05) is 10.7 Å². The Kier molecular flexibility index (Phi) is 6.36. The van der Waals surface area contributed by atoms with Crippen LogP contribution in [0.5, 0.6) is 5.75 Å². The molecular formula is C19H19ClN4O2S. The number of ether oxygens (including phenoxy) is 1. The molecule has 0 bridgehead atoms. The summed E-state index contributed by atoms with van der Waals surface area (Å²) in [6.45, 7) is 2.09. The molecule has 6 nitrogen and oxygen atoms in total. The lowest BCUT2D eigenvalue weighted by molar-refractivity contribution is -0.113. The van der Waals surface area contributed by atoms with Gasteiger partial charge in [0.2, 0.25) is 11.1 Å². The molecule has 3 aromatic rings. The fourth-order valence-corrected chi connectivity index (χ4v) is 3.22. The van der Waals surface area contributed by atoms with Crippen molar-refractivity contribution in [3.05, 3.63) is 53.1 Å². The SMILES string of the molecule is CCc1ccc(NC(=O)CSc2n[nH]c(-c3cc(Cl)ccc3OC)n2)cc1. The topological polar surface area (TPSA) is 79.9 Å². The lowest BCUT2D eigenvalue weighted by Crippen LogP contribution is -2.14. The normalized spacial score (nSPS) is 10.6. The Bertz CT molecular complexity index is 928. The Morgan fingerprint density at radius 1 is 1.26 bits per heavy atom. The number of aromatic nitrogens is 3. The molecule has 0 aliphatic rings. The van der Waals surface area contributed by atoms with Crippen molar-refractivity contribution in [3.8, 4) is 17.1 Å². The fraction of sp³-hybridized carbons (Fsp3) is 0.211. The lowest BCUT2D eigenvalue weighted by Gasteiger charge is -2.05. The molecule has 140 valence electrons. The van der Waals surface area contributed by atoms with E-state index in [9.17, 15) is 4.79 Å². The molecule has 0 saturated heterocycles. The van der Waals surface area contributed by atoms with Crippen molar-refractivity contribution in [3.63, 3.8) is 0 Å². The number of amides is 1. The molecule has 1 amide bonds. The van der Waals surface area contributed by atoms with Crippen molar-refractivity contribution in [2.24, 2.45) is 0 Å². The predicted octanol–water partition coefficient (Wildman–Crippen LogP) is 4.43. The molecule has 0 saturated carbocycles. The number of carbonyl (C=O) groups excluding carboxylic acids is 1. The Morgan fingerprint density at radius 2 is 2.04 bits per heavy atom. The minimum Gasteiger partial charge on any atom is -0.496 e. The Balaban J connectivity index is 1.61. The first-order valence-electron chi connectivity index (χ1n) is 8.37. The average molecular weight is 403 g/mol. The maximum absolute atomic E-state index is 12.1. The number of nitrogens with zero attached hydrogens (tertiary/aromatic N) is 2. The highest BCUT2D eigenvalue weighted by Gasteiger charge is 2.13. The number of aromatic amines is 1. The molecule has 8 heteroatoms. The van der Waals surface area contributed by atoms with Crippen LogP contribution in [0.3, 0.4) is 0 Å². The Morgan fingerprint density at radius 3 is 2.74 bits per heavy atom. The van der Waals surface area contributed by atoms with E-state index in [1.165, 1.54) is 17.3 Å². The number of carbonyl (C=O) groups is 1. The van der Waals surface area contributed by atoms with Crippen LogP contribution < -0.4 is 10.1 Å². The van der Waals surface area contributed by atoms with E-state index in [0.29, 0.717) is 27.3 Å². The van der Waals surface area contributed by atoms with E-state index in [-0.39, 0.29) is 11.7 Å². The number of thioether (sulfide) groups is 1. The van der Waals surface area contributed by atoms with Gasteiger partial charge in [0.1, 0.15) is 5.75 Å². The summed E-state index contributed by atoms with van der Waals surface area (Å²) >= 11 is 7.30. The Labute approximate surface area is 166 Å². The number of H-pyrrole nitrogens is 1. The van der Waals surface area contributed by atoms with E-state index in [4.69, 9.17) is 16.3 Å². The Hall–Kier alpha value is -2.51. The molecule has 0 atom stereocenters. The molecule has 2 N–H and O–H groups in total. The van der Waals surface area contributed by atoms with Crippen molar-refractivity contribution in [1.29, 1.82) is 0 Å². The van der Waals surface area contributed by atoms with E-state index < -0.39 is 0 Å². The van der Waals surface area contributed by atoms with Crippen molar-refractivity contribution in [1.82, 2.24) is 15.2 Å². The molecule has 0 radical (unpaired) electrons. The van der Waals surface area contributed by atoms with E-state index in [0.717, 1.165) is 12.1 Å². The maximum Gasteiger partial charge on any atom is 0.234 e. The first-order valence-corrected chi connectivity index (χ1v) is 9.73. The summed E-state index contributed by atoms with van der Waals surface area (Å²) in [4.78, 5) is 16.5. The third-order valence-electron chi connectivity index (χ3n) is 3.86. The third kappa shape index (κ3) is 5.02. The predicted molar refractivity (Wildman–Crippen MR) is 109 cm³/mol. The van der Waals surface area contributed by atoms with Gasteiger partial charge in [-0.25, -0.2) is 4.98 Å². The quantitative estimate of drug-likeness (QED) is 0.571. The van der Waals surface area contributed by atoms with Gasteiger partial charge < -0.3 is 10.1 Å². The van der Waals surface area contributed by atoms with Gasteiger partial charge >= 0.3 is 0 Å². The molecule has 1 heterocycles. The molecule has 0 spiro atoms. The minimum absolute atomic E-state index is 0.115. The number of hydrogen-bond donors (Lipinski definition) is 2. The highest BCUT2D eigenvalue weighted by molar-refractivity contribution is 7.99. The van der Waals surface area contributed by atoms with Crippen LogP contribution >= 0.6 is 23.4 Å². The first-order chi connectivity index (χ1) is 13.1. The summed E-state index contributed by atoms with van der Waals surface area (Å²) in [7, 11) is 1.58. The summed E-state index contributed by atoms with van der Waals surface area (Å²) in [5.74, 6) is 1.27. The summed E-state index contributed by atoms with van der Waals surface area (Å²) in [5.41, 5.74) is 2.72. The van der Waals surface area contributed by atoms with Crippen LogP contribution in [0.1, 0.15) is 12.5 Å². The number of rotatable bonds is 7. The smallest absolute Gasteiger partial charge is 0.234 e. The zero-order valence-electron chi connectivity index (χ0n) is 15.0. The number of nitrogens with one attached hydrogen (secondary N) is 2. The van der Waals surface area contributed by atoms with Gasteiger partial charge in [-0.15, -0.1) is 5.10 Å². The van der Waals surface area contributed by atoms with E-state index in [2.05, 4.69) is 27.4 Å². The summed E-state index contributed by atoms with van der Waals surface area (Å²) in [5, 5.41) is 10.9. The second-order valence-electron chi connectivity index (χ2n) is 5.70. The molecular weight excluding hydrogens is 384 g/mol. The van der Waals surface area contributed by atoms with Gasteiger partial charge in [0.25, 0.3) is 0 Å². The molecule has 1 aromatic heterocycles. The lowest BCUT2D eigenvalue weighted by atomic mass is 10.1. The second kappa shape index (κ2) is 8.92. The van der Waals surface area contributed by atoms with Crippen LogP contribution in [0.25, 0.3) is 11.4 Å². The van der Waals surface area contributed by atoms with Crippen molar-refractivity contribution in [2.75, 3.05) is 18.2 Å². The van der Waals surface area contributed by atoms with Crippen molar-refractivity contribution < 1.29 is 9.53 Å². The van der Waals surface area contributed by atoms with Gasteiger partial charge in [-0.3, -0.25) is 9.89 Å². The summed E-state index contributed by atoms with van der Waals surface area (Å²) in [6, 6.07) is 13.1. The van der Waals surface area contributed by atoms with Crippen LogP contribution in [-0.4, -0.2) is 34.0 Å². The molecule has 27 heavy (non-hydrogen) atoms. The largest absolute Gasteiger partial charge is 0.496 e. The maximum atomic E-state index is 12.1. The summed E-state index contributed by atoms with van der Waals surface area (Å²) < 4.78 is 5.33. The number of hydrogen-bond acceptors (Lipinski definition) is 5. The highest BCUT2D eigenvalue weighted by atomic mass is 35.5. The molecule has 0 fully saturated rings. The number of halogens is 1. The molecule has 0 aliphatic heterocycles. The third-order valence-corrected chi connectivity index (χ3v) is 4.94. The minimum atomic E-state index is -0.115. The highest BCUT2D eigenvalue weighted by Crippen LogP contribution is 2.31. The van der Waals surface area contributed by atoms with Gasteiger partial charge in [-0.1, -0.05) is 42.4 Å². The molecule has 0 aliphatic carbocycles.